The van der Waals surface area contributed by atoms with E-state index in [-0.39, 0.29) is 0 Å². The Hall–Kier alpha value is -3.54. The quantitative estimate of drug-likeness (QED) is 0.532. The lowest BCUT2D eigenvalue weighted by atomic mass is 10.0. The van der Waals surface area contributed by atoms with E-state index in [2.05, 4.69) is 57.5 Å². The van der Waals surface area contributed by atoms with Crippen LogP contribution in [0.1, 0.15) is 16.7 Å². The first kappa shape index (κ1) is 19.4. The average molecular weight is 415 g/mol. The van der Waals surface area contributed by atoms with Crippen LogP contribution in [0.25, 0.3) is 21.7 Å². The molecule has 4 heterocycles. The van der Waals surface area contributed by atoms with Gasteiger partial charge in [-0.15, -0.1) is 0 Å². The van der Waals surface area contributed by atoms with Crippen molar-refractivity contribution in [3.63, 3.8) is 0 Å². The lowest BCUT2D eigenvalue weighted by molar-refractivity contribution is 0.464. The van der Waals surface area contributed by atoms with Crippen molar-refractivity contribution in [2.45, 2.75) is 19.9 Å². The molecular weight excluding hydrogens is 388 g/mol. The van der Waals surface area contributed by atoms with Gasteiger partial charge in [0.15, 0.2) is 0 Å². The fourth-order valence-electron chi connectivity index (χ4n) is 4.09. The summed E-state index contributed by atoms with van der Waals surface area (Å²) in [7, 11) is 0. The van der Waals surface area contributed by atoms with Crippen LogP contribution >= 0.6 is 0 Å². The number of benzene rings is 2. The number of rotatable bonds is 4. The van der Waals surface area contributed by atoms with Gasteiger partial charge in [-0.3, -0.25) is 9.98 Å². The first-order valence-electron chi connectivity index (χ1n) is 10.7. The third-order valence-corrected chi connectivity index (χ3v) is 5.79. The van der Waals surface area contributed by atoms with E-state index in [4.69, 9.17) is 8.83 Å². The molecule has 0 saturated carbocycles. The highest BCUT2D eigenvalue weighted by atomic mass is 16.3. The summed E-state index contributed by atoms with van der Waals surface area (Å²) in [5.74, 6) is 1.08. The zero-order chi connectivity index (χ0) is 21.0. The Morgan fingerprint density at radius 3 is 2.87 bits per heavy atom. The molecule has 158 valence electrons. The molecule has 2 aromatic heterocycles. The topological polar surface area (TPSA) is 66.3 Å². The normalized spacial score (nSPS) is 15.3. The average Bonchev–Trinajstić information content (AvgIpc) is 3.58. The molecule has 0 radical (unpaired) electrons. The number of aliphatic imine (C=N–C) groups is 2. The van der Waals surface area contributed by atoms with Gasteiger partial charge in [-0.1, -0.05) is 30.3 Å². The van der Waals surface area contributed by atoms with Crippen LogP contribution in [0.2, 0.25) is 0 Å². The number of furan rings is 2. The van der Waals surface area contributed by atoms with E-state index in [9.17, 15) is 0 Å². The molecule has 2 aromatic carbocycles. The van der Waals surface area contributed by atoms with Crippen molar-refractivity contribution in [2.24, 2.45) is 9.98 Å². The highest BCUT2D eigenvalue weighted by molar-refractivity contribution is 5.91. The van der Waals surface area contributed by atoms with E-state index in [1.807, 2.05) is 18.7 Å². The van der Waals surface area contributed by atoms with Crippen molar-refractivity contribution >= 4 is 33.9 Å². The van der Waals surface area contributed by atoms with Gasteiger partial charge in [0.2, 0.25) is 0 Å². The Morgan fingerprint density at radius 2 is 2.03 bits per heavy atom. The van der Waals surface area contributed by atoms with E-state index in [1.165, 1.54) is 32.8 Å². The van der Waals surface area contributed by atoms with Crippen LogP contribution in [0.4, 0.5) is 0 Å². The molecule has 4 aromatic rings. The zero-order valence-electron chi connectivity index (χ0n) is 17.7. The van der Waals surface area contributed by atoms with E-state index in [0.717, 1.165) is 50.6 Å². The summed E-state index contributed by atoms with van der Waals surface area (Å²) in [4.78, 5) is 10.9. The third-order valence-electron chi connectivity index (χ3n) is 5.79. The lowest BCUT2D eigenvalue weighted by Crippen LogP contribution is -2.20. The number of nitrogens with one attached hydrogen (secondary N) is 1. The molecule has 0 spiro atoms. The molecule has 2 aliphatic heterocycles. The molecule has 0 saturated heterocycles. The first-order chi connectivity index (χ1) is 15.3. The first-order valence-corrected chi connectivity index (χ1v) is 10.7. The molecule has 6 nitrogen and oxygen atoms in total. The monoisotopic (exact) mass is 414 g/mol. The van der Waals surface area contributed by atoms with E-state index >= 15 is 0 Å². The van der Waals surface area contributed by atoms with Gasteiger partial charge in [-0.2, -0.15) is 0 Å². The molecule has 6 heteroatoms. The Morgan fingerprint density at radius 1 is 1.06 bits per heavy atom. The minimum absolute atomic E-state index is 0.844. The number of nitrogens with zero attached hydrogens (tertiary/aromatic N) is 3. The molecule has 0 bridgehead atoms. The number of amidine groups is 1. The van der Waals surface area contributed by atoms with Gasteiger partial charge < -0.3 is 19.1 Å². The van der Waals surface area contributed by atoms with Gasteiger partial charge in [0.05, 0.1) is 38.2 Å². The molecule has 6 rings (SSSR count). The third kappa shape index (κ3) is 4.19. The van der Waals surface area contributed by atoms with Crippen LogP contribution in [0, 0.1) is 6.92 Å². The zero-order valence-corrected chi connectivity index (χ0v) is 17.7. The summed E-state index contributed by atoms with van der Waals surface area (Å²) in [6.07, 6.45) is 8.13. The lowest BCUT2D eigenvalue weighted by Gasteiger charge is -2.13. The van der Waals surface area contributed by atoms with Gasteiger partial charge in [-0.25, -0.2) is 0 Å². The largest absolute Gasteiger partial charge is 0.471 e. The maximum Gasteiger partial charge on any atom is 0.137 e. The second-order valence-corrected chi connectivity index (χ2v) is 7.92. The summed E-state index contributed by atoms with van der Waals surface area (Å²) in [5.41, 5.74) is 4.81. The van der Waals surface area contributed by atoms with Gasteiger partial charge in [-0.05, 0) is 24.1 Å². The summed E-state index contributed by atoms with van der Waals surface area (Å²) in [6.45, 7) is 6.83. The Labute approximate surface area is 181 Å². The molecule has 0 unspecified atom stereocenters. The maximum absolute atomic E-state index is 5.56. The highest BCUT2D eigenvalue weighted by Gasteiger charge is 2.13. The maximum atomic E-state index is 5.56. The predicted molar refractivity (Wildman–Crippen MR) is 125 cm³/mol. The van der Waals surface area contributed by atoms with Gasteiger partial charge in [0, 0.05) is 47.8 Å². The van der Waals surface area contributed by atoms with Gasteiger partial charge >= 0.3 is 0 Å². The van der Waals surface area contributed by atoms with Gasteiger partial charge in [0.1, 0.15) is 11.4 Å². The summed E-state index contributed by atoms with van der Waals surface area (Å²) < 4.78 is 10.8. The number of hydrogen-bond acceptors (Lipinski definition) is 6. The molecule has 2 aliphatic rings. The highest BCUT2D eigenvalue weighted by Crippen LogP contribution is 2.24. The van der Waals surface area contributed by atoms with Crippen LogP contribution in [-0.4, -0.2) is 43.3 Å². The summed E-state index contributed by atoms with van der Waals surface area (Å²) in [5, 5.41) is 6.84. The fourth-order valence-corrected chi connectivity index (χ4v) is 4.09. The second-order valence-electron chi connectivity index (χ2n) is 7.92. The minimum Gasteiger partial charge on any atom is -0.471 e. The van der Waals surface area contributed by atoms with Gasteiger partial charge in [0.25, 0.3) is 0 Å². The second kappa shape index (κ2) is 8.68. The standard InChI is InChI=1S/C13H14N2O.C12H12N2O/c1-9-2-3-10-4-7-16-13(10)11(9)8-12-14-5-6-15-12;1-2-10(6-14-5-4-13-9-14)12-8-15-7-11(12)3-1/h2-4,7H,5-6,8H2,1H3,(H,14,15);1-3,7-9H,4-6H2. The van der Waals surface area contributed by atoms with Crippen molar-refractivity contribution in [2.75, 3.05) is 26.2 Å². The Kier molecular flexibility index (Phi) is 5.44. The number of hydrogen-bond donors (Lipinski definition) is 1. The Balaban J connectivity index is 0.000000132. The molecule has 31 heavy (non-hydrogen) atoms. The van der Waals surface area contributed by atoms with E-state index < -0.39 is 0 Å². The molecule has 0 atom stereocenters. The van der Waals surface area contributed by atoms with Crippen molar-refractivity contribution in [1.82, 2.24) is 10.2 Å². The number of aryl methyl sites for hydroxylation is 1. The molecule has 0 fully saturated rings. The van der Waals surface area contributed by atoms with Crippen LogP contribution in [0.15, 0.2) is 74.0 Å². The summed E-state index contributed by atoms with van der Waals surface area (Å²) in [6, 6.07) is 12.5. The van der Waals surface area contributed by atoms with Crippen molar-refractivity contribution in [3.05, 3.63) is 71.9 Å². The molecular formula is C25H26N4O2. The molecule has 1 N–H and O–H groups in total. The molecule has 0 aliphatic carbocycles. The predicted octanol–water partition coefficient (Wildman–Crippen LogP) is 4.56. The van der Waals surface area contributed by atoms with Crippen molar-refractivity contribution < 1.29 is 8.83 Å². The summed E-state index contributed by atoms with van der Waals surface area (Å²) >= 11 is 0. The van der Waals surface area contributed by atoms with E-state index in [0.29, 0.717) is 0 Å². The fraction of sp³-hybridized carbons (Fsp3) is 0.280. The number of fused-ring (bicyclic) bond motifs is 2. The van der Waals surface area contributed by atoms with Crippen LogP contribution < -0.4 is 5.32 Å². The van der Waals surface area contributed by atoms with Crippen molar-refractivity contribution in [1.29, 1.82) is 0 Å². The SMILES string of the molecule is C1=NCCN1Cc1cccc2cocc12.Cc1ccc2ccoc2c1CC1=NCCN1. The van der Waals surface area contributed by atoms with E-state index in [1.54, 1.807) is 12.5 Å². The Bertz CT molecular complexity index is 1250. The van der Waals surface area contributed by atoms with Crippen LogP contribution in [0.3, 0.4) is 0 Å². The minimum atomic E-state index is 0.844. The molecule has 0 amide bonds. The smallest absolute Gasteiger partial charge is 0.137 e. The van der Waals surface area contributed by atoms with Crippen LogP contribution in [-0.2, 0) is 13.0 Å². The van der Waals surface area contributed by atoms with Crippen molar-refractivity contribution in [3.8, 4) is 0 Å². The van der Waals surface area contributed by atoms with Crippen LogP contribution in [0.5, 0.6) is 0 Å².